The van der Waals surface area contributed by atoms with Crippen molar-refractivity contribution < 1.29 is 51.1 Å². The van der Waals surface area contributed by atoms with Crippen molar-refractivity contribution >= 4 is 53.3 Å². The predicted octanol–water partition coefficient (Wildman–Crippen LogP) is 10.7. The SMILES string of the molecule is Oc1c(O)c(O)c(-c2ccc3c4c(-c5c(O)c(O)c(O)c(O)c5O)cccc4n(-c4cccc5sc6cc(-c7nc(-c8ccccc8)nc(-c8ccccc8)n7)ccc6c45)c3c2)c(O)c1O. The number of phenolic OH excluding ortho intramolecular Hbond substituents is 10. The third-order valence-corrected chi connectivity index (χ3v) is 12.9. The summed E-state index contributed by atoms with van der Waals surface area (Å²) in [6.07, 6.45) is 0. The lowest BCUT2D eigenvalue weighted by Crippen LogP contribution is -2.00. The van der Waals surface area contributed by atoms with Crippen LogP contribution >= 0.6 is 11.3 Å². The Kier molecular flexibility index (Phi) is 8.82. The first-order valence-electron chi connectivity index (χ1n) is 20.2. The second kappa shape index (κ2) is 14.7. The smallest absolute Gasteiger partial charge is 0.208 e. The minimum absolute atomic E-state index is 0.105. The molecule has 66 heavy (non-hydrogen) atoms. The Balaban J connectivity index is 1.18. The molecule has 11 aromatic rings. The lowest BCUT2D eigenvalue weighted by molar-refractivity contribution is 0.330. The van der Waals surface area contributed by atoms with Gasteiger partial charge in [-0.15, -0.1) is 11.3 Å². The Bertz CT molecular complexity index is 3720. The summed E-state index contributed by atoms with van der Waals surface area (Å²) in [7, 11) is 0. The van der Waals surface area contributed by atoms with Crippen molar-refractivity contribution in [1.82, 2.24) is 19.5 Å². The van der Waals surface area contributed by atoms with Crippen LogP contribution < -0.4 is 0 Å². The first kappa shape index (κ1) is 39.6. The number of thiophene rings is 1. The summed E-state index contributed by atoms with van der Waals surface area (Å²) < 4.78 is 3.67. The normalized spacial score (nSPS) is 11.6. The van der Waals surface area contributed by atoms with Crippen molar-refractivity contribution in [1.29, 1.82) is 0 Å². The summed E-state index contributed by atoms with van der Waals surface area (Å²) in [5.74, 6) is -8.55. The fourth-order valence-electron chi connectivity index (χ4n) is 8.66. The van der Waals surface area contributed by atoms with Gasteiger partial charge in [-0.1, -0.05) is 103 Å². The summed E-state index contributed by atoms with van der Waals surface area (Å²) in [5, 5.41) is 110. The number of aromatic hydroxyl groups is 10. The zero-order valence-corrected chi connectivity index (χ0v) is 34.7. The van der Waals surface area contributed by atoms with Crippen molar-refractivity contribution in [3.8, 4) is 120 Å². The maximum absolute atomic E-state index is 11.2. The minimum atomic E-state index is -1.11. The van der Waals surface area contributed by atoms with E-state index in [-0.39, 0.29) is 22.3 Å². The lowest BCUT2D eigenvalue weighted by atomic mass is 9.95. The van der Waals surface area contributed by atoms with Gasteiger partial charge in [-0.2, -0.15) is 0 Å². The van der Waals surface area contributed by atoms with Gasteiger partial charge in [0.2, 0.25) is 34.5 Å². The van der Waals surface area contributed by atoms with Crippen LogP contribution in [-0.2, 0) is 0 Å². The molecule has 322 valence electrons. The van der Waals surface area contributed by atoms with Crippen molar-refractivity contribution in [2.45, 2.75) is 0 Å². The fourth-order valence-corrected chi connectivity index (χ4v) is 9.83. The lowest BCUT2D eigenvalue weighted by Gasteiger charge is -2.14. The van der Waals surface area contributed by atoms with E-state index in [0.717, 1.165) is 36.9 Å². The van der Waals surface area contributed by atoms with Gasteiger partial charge in [-0.05, 0) is 41.5 Å². The molecule has 0 atom stereocenters. The minimum Gasteiger partial charge on any atom is -0.504 e. The van der Waals surface area contributed by atoms with Crippen LogP contribution in [0.4, 0.5) is 0 Å². The number of nitrogens with zero attached hydrogens (tertiary/aromatic N) is 4. The average molecular weight is 893 g/mol. The molecule has 0 saturated carbocycles. The molecule has 3 aromatic heterocycles. The molecule has 0 aliphatic rings. The molecule has 8 aromatic carbocycles. The Hall–Kier alpha value is -9.21. The number of phenols is 10. The highest BCUT2D eigenvalue weighted by atomic mass is 32.1. The van der Waals surface area contributed by atoms with Gasteiger partial charge in [0.05, 0.1) is 27.8 Å². The van der Waals surface area contributed by atoms with E-state index in [2.05, 4.69) is 0 Å². The summed E-state index contributed by atoms with van der Waals surface area (Å²) in [6.45, 7) is 0. The Labute approximate surface area is 375 Å². The monoisotopic (exact) mass is 892 g/mol. The molecule has 11 rings (SSSR count). The quantitative estimate of drug-likeness (QED) is 0.0552. The van der Waals surface area contributed by atoms with Crippen LogP contribution in [0.2, 0.25) is 0 Å². The van der Waals surface area contributed by atoms with Gasteiger partial charge in [0.15, 0.2) is 40.5 Å². The van der Waals surface area contributed by atoms with Crippen LogP contribution in [0.1, 0.15) is 0 Å². The Morgan fingerprint density at radius 1 is 0.348 bits per heavy atom. The summed E-state index contributed by atoms with van der Waals surface area (Å²) in [5.41, 5.74) is 3.45. The molecule has 0 aliphatic carbocycles. The van der Waals surface area contributed by atoms with Gasteiger partial charge in [-0.3, -0.25) is 0 Å². The van der Waals surface area contributed by atoms with Gasteiger partial charge < -0.3 is 55.6 Å². The van der Waals surface area contributed by atoms with E-state index in [9.17, 15) is 51.1 Å². The van der Waals surface area contributed by atoms with E-state index in [4.69, 9.17) is 15.0 Å². The highest BCUT2D eigenvalue weighted by Gasteiger charge is 2.29. The number of rotatable bonds is 6. The van der Waals surface area contributed by atoms with Crippen LogP contribution in [0, 0.1) is 0 Å². The molecule has 0 unspecified atom stereocenters. The van der Waals surface area contributed by atoms with E-state index in [0.29, 0.717) is 45.0 Å². The number of hydrogen-bond acceptors (Lipinski definition) is 14. The first-order valence-corrected chi connectivity index (χ1v) is 21.0. The van der Waals surface area contributed by atoms with E-state index in [1.54, 1.807) is 30.3 Å². The zero-order valence-electron chi connectivity index (χ0n) is 33.9. The summed E-state index contributed by atoms with van der Waals surface area (Å²) in [4.78, 5) is 14.7. The van der Waals surface area contributed by atoms with E-state index in [1.165, 1.54) is 17.4 Å². The molecule has 0 spiro atoms. The molecule has 0 aliphatic heterocycles. The zero-order chi connectivity index (χ0) is 45.7. The van der Waals surface area contributed by atoms with E-state index < -0.39 is 57.5 Å². The molecule has 0 bridgehead atoms. The maximum Gasteiger partial charge on any atom is 0.208 e. The molecular weight excluding hydrogens is 861 g/mol. The topological polar surface area (TPSA) is 246 Å². The van der Waals surface area contributed by atoms with Crippen molar-refractivity contribution in [3.63, 3.8) is 0 Å². The van der Waals surface area contributed by atoms with Gasteiger partial charge in [0.1, 0.15) is 0 Å². The summed E-state index contributed by atoms with van der Waals surface area (Å²) >= 11 is 1.54. The standard InChI is InChI=1S/C51H32N4O10S/c56-39-35(40(57)44(61)47(64)43(39)60)25-17-19-27-32(21-25)55(30-14-7-13-29(36(27)30)38-41(58)45(62)48(65)46(63)42(38)59)31-15-8-16-33-37(31)28-20-18-26(22-34(28)66-33)51-53-49(23-9-3-1-4-10-23)52-50(54-51)24-11-5-2-6-12-24/h1-22,56-65H. The second-order valence-electron chi connectivity index (χ2n) is 15.5. The highest BCUT2D eigenvalue weighted by molar-refractivity contribution is 7.26. The molecule has 0 radical (unpaired) electrons. The van der Waals surface area contributed by atoms with Gasteiger partial charge >= 0.3 is 0 Å². The highest BCUT2D eigenvalue weighted by Crippen LogP contribution is 2.58. The molecule has 10 N–H and O–H groups in total. The number of benzene rings is 8. The van der Waals surface area contributed by atoms with E-state index >= 15 is 0 Å². The van der Waals surface area contributed by atoms with Crippen LogP contribution in [0.3, 0.4) is 0 Å². The van der Waals surface area contributed by atoms with Gasteiger partial charge in [0.25, 0.3) is 0 Å². The first-order chi connectivity index (χ1) is 31.9. The molecule has 15 heteroatoms. The fraction of sp³-hybridized carbons (Fsp3) is 0. The van der Waals surface area contributed by atoms with Crippen molar-refractivity contribution in [3.05, 3.63) is 133 Å². The second-order valence-corrected chi connectivity index (χ2v) is 16.6. The summed E-state index contributed by atoms with van der Waals surface area (Å²) in [6, 6.07) is 40.7. The molecule has 0 fully saturated rings. The van der Waals surface area contributed by atoms with Gasteiger partial charge in [0, 0.05) is 47.6 Å². The number of aromatic nitrogens is 4. The maximum atomic E-state index is 11.2. The molecular formula is C51H32N4O10S. The van der Waals surface area contributed by atoms with E-state index in [1.807, 2.05) is 102 Å². The van der Waals surface area contributed by atoms with Crippen LogP contribution in [0.15, 0.2) is 133 Å². The van der Waals surface area contributed by atoms with Crippen LogP contribution in [0.5, 0.6) is 57.5 Å². The average Bonchev–Trinajstić information content (AvgIpc) is 3.90. The van der Waals surface area contributed by atoms with Crippen LogP contribution in [-0.4, -0.2) is 70.6 Å². The molecule has 0 saturated heterocycles. The Morgan fingerprint density at radius 3 is 1.44 bits per heavy atom. The third-order valence-electron chi connectivity index (χ3n) is 11.8. The van der Waals surface area contributed by atoms with Crippen molar-refractivity contribution in [2.75, 3.05) is 0 Å². The van der Waals surface area contributed by atoms with Crippen LogP contribution in [0.25, 0.3) is 104 Å². The Morgan fingerprint density at radius 2 is 0.848 bits per heavy atom. The number of fused-ring (bicyclic) bond motifs is 6. The molecule has 14 nitrogen and oxygen atoms in total. The molecule has 0 amide bonds. The third kappa shape index (κ3) is 5.84. The van der Waals surface area contributed by atoms with Gasteiger partial charge in [-0.25, -0.2) is 15.0 Å². The molecule has 3 heterocycles. The largest absolute Gasteiger partial charge is 0.504 e. The van der Waals surface area contributed by atoms with Crippen molar-refractivity contribution in [2.24, 2.45) is 0 Å². The number of hydrogen-bond donors (Lipinski definition) is 10. The predicted molar refractivity (Wildman–Crippen MR) is 251 cm³/mol.